The van der Waals surface area contributed by atoms with Crippen molar-refractivity contribution in [2.24, 2.45) is 12.5 Å². The standard InChI is InChI=1S/C11H21N3O/c1-9(10-12-5-6-14(10)4)13-7-11(2,3)8-15/h5-6,9,13,15H,7-8H2,1-4H3. The Kier molecular flexibility index (Phi) is 3.88. The Bertz CT molecular complexity index is 307. The number of aromatic nitrogens is 2. The van der Waals surface area contributed by atoms with E-state index in [1.54, 1.807) is 6.20 Å². The number of aryl methyl sites for hydroxylation is 1. The van der Waals surface area contributed by atoms with E-state index in [2.05, 4.69) is 17.2 Å². The molecule has 1 unspecified atom stereocenters. The van der Waals surface area contributed by atoms with Gasteiger partial charge in [-0.05, 0) is 6.92 Å². The highest BCUT2D eigenvalue weighted by Crippen LogP contribution is 2.15. The Morgan fingerprint density at radius 3 is 2.73 bits per heavy atom. The molecule has 0 aliphatic heterocycles. The maximum Gasteiger partial charge on any atom is 0.125 e. The van der Waals surface area contributed by atoms with Gasteiger partial charge in [0.1, 0.15) is 5.82 Å². The molecular weight excluding hydrogens is 190 g/mol. The summed E-state index contributed by atoms with van der Waals surface area (Å²) in [6.07, 6.45) is 3.73. The highest BCUT2D eigenvalue weighted by Gasteiger charge is 2.18. The summed E-state index contributed by atoms with van der Waals surface area (Å²) in [5.41, 5.74) is -0.0839. The third-order valence-electron chi connectivity index (χ3n) is 2.56. The molecule has 0 fully saturated rings. The van der Waals surface area contributed by atoms with Gasteiger partial charge in [-0.15, -0.1) is 0 Å². The van der Waals surface area contributed by atoms with E-state index in [1.165, 1.54) is 0 Å². The first-order valence-corrected chi connectivity index (χ1v) is 5.28. The van der Waals surface area contributed by atoms with Gasteiger partial charge in [-0.3, -0.25) is 0 Å². The van der Waals surface area contributed by atoms with Gasteiger partial charge in [-0.1, -0.05) is 13.8 Å². The molecule has 1 heterocycles. The molecule has 0 amide bonds. The zero-order valence-electron chi connectivity index (χ0n) is 9.99. The molecule has 0 saturated carbocycles. The van der Waals surface area contributed by atoms with E-state index >= 15 is 0 Å². The number of hydrogen-bond donors (Lipinski definition) is 2. The highest BCUT2D eigenvalue weighted by atomic mass is 16.3. The zero-order valence-corrected chi connectivity index (χ0v) is 9.99. The number of imidazole rings is 1. The maximum atomic E-state index is 9.13. The number of aliphatic hydroxyl groups excluding tert-OH is 1. The second-order valence-electron chi connectivity index (χ2n) is 4.82. The number of nitrogens with one attached hydrogen (secondary N) is 1. The molecule has 0 bridgehead atoms. The van der Waals surface area contributed by atoms with Crippen molar-refractivity contribution in [2.75, 3.05) is 13.2 Å². The number of rotatable bonds is 5. The van der Waals surface area contributed by atoms with Gasteiger partial charge in [0.05, 0.1) is 6.04 Å². The number of hydrogen-bond acceptors (Lipinski definition) is 3. The minimum Gasteiger partial charge on any atom is -0.396 e. The van der Waals surface area contributed by atoms with Crippen molar-refractivity contribution in [1.29, 1.82) is 0 Å². The summed E-state index contributed by atoms with van der Waals surface area (Å²) in [4.78, 5) is 4.28. The maximum absolute atomic E-state index is 9.13. The first-order valence-electron chi connectivity index (χ1n) is 5.28. The first-order chi connectivity index (χ1) is 6.96. The lowest BCUT2D eigenvalue weighted by molar-refractivity contribution is 0.153. The molecule has 1 atom stereocenters. The van der Waals surface area contributed by atoms with E-state index in [9.17, 15) is 0 Å². The molecule has 4 nitrogen and oxygen atoms in total. The average molecular weight is 211 g/mol. The van der Waals surface area contributed by atoms with Crippen molar-refractivity contribution in [3.05, 3.63) is 18.2 Å². The van der Waals surface area contributed by atoms with Crippen LogP contribution in [0, 0.1) is 5.41 Å². The van der Waals surface area contributed by atoms with Gasteiger partial charge in [0.25, 0.3) is 0 Å². The Hall–Kier alpha value is -0.870. The number of aliphatic hydroxyl groups is 1. The van der Waals surface area contributed by atoms with Crippen molar-refractivity contribution in [1.82, 2.24) is 14.9 Å². The van der Waals surface area contributed by atoms with Crippen LogP contribution in [-0.2, 0) is 7.05 Å². The fourth-order valence-electron chi connectivity index (χ4n) is 1.37. The van der Waals surface area contributed by atoms with Gasteiger partial charge < -0.3 is 15.0 Å². The van der Waals surface area contributed by atoms with Crippen LogP contribution in [0.2, 0.25) is 0 Å². The van der Waals surface area contributed by atoms with Crippen LogP contribution in [0.4, 0.5) is 0 Å². The van der Waals surface area contributed by atoms with Gasteiger partial charge >= 0.3 is 0 Å². The normalized spacial score (nSPS) is 14.2. The van der Waals surface area contributed by atoms with E-state index in [0.717, 1.165) is 12.4 Å². The lowest BCUT2D eigenvalue weighted by Crippen LogP contribution is -2.34. The molecule has 0 aliphatic rings. The van der Waals surface area contributed by atoms with E-state index in [1.807, 2.05) is 31.7 Å². The monoisotopic (exact) mass is 211 g/mol. The van der Waals surface area contributed by atoms with Crippen LogP contribution >= 0.6 is 0 Å². The quantitative estimate of drug-likeness (QED) is 0.766. The molecule has 0 aromatic carbocycles. The molecule has 0 aliphatic carbocycles. The van der Waals surface area contributed by atoms with Crippen LogP contribution in [0.1, 0.15) is 32.6 Å². The van der Waals surface area contributed by atoms with Gasteiger partial charge in [0.15, 0.2) is 0 Å². The van der Waals surface area contributed by atoms with Gasteiger partial charge in [-0.2, -0.15) is 0 Å². The summed E-state index contributed by atoms with van der Waals surface area (Å²) >= 11 is 0. The van der Waals surface area contributed by atoms with Gasteiger partial charge in [0.2, 0.25) is 0 Å². The molecular formula is C11H21N3O. The largest absolute Gasteiger partial charge is 0.396 e. The average Bonchev–Trinajstić information content (AvgIpc) is 2.61. The molecule has 15 heavy (non-hydrogen) atoms. The first kappa shape index (κ1) is 12.2. The van der Waals surface area contributed by atoms with E-state index < -0.39 is 0 Å². The highest BCUT2D eigenvalue weighted by molar-refractivity contribution is 4.97. The van der Waals surface area contributed by atoms with Gasteiger partial charge in [-0.25, -0.2) is 4.98 Å². The van der Waals surface area contributed by atoms with Crippen molar-refractivity contribution in [3.63, 3.8) is 0 Å². The minimum absolute atomic E-state index is 0.0839. The topological polar surface area (TPSA) is 50.1 Å². The summed E-state index contributed by atoms with van der Waals surface area (Å²) in [6.45, 7) is 7.11. The molecule has 4 heteroatoms. The van der Waals surface area contributed by atoms with Crippen LogP contribution in [0.25, 0.3) is 0 Å². The fraction of sp³-hybridized carbons (Fsp3) is 0.727. The summed E-state index contributed by atoms with van der Waals surface area (Å²) in [5, 5.41) is 12.5. The van der Waals surface area contributed by atoms with Crippen molar-refractivity contribution >= 4 is 0 Å². The molecule has 1 rings (SSSR count). The van der Waals surface area contributed by atoms with Crippen LogP contribution in [0.15, 0.2) is 12.4 Å². The Morgan fingerprint density at radius 2 is 2.27 bits per heavy atom. The zero-order chi connectivity index (χ0) is 11.5. The lowest BCUT2D eigenvalue weighted by atomic mass is 9.94. The fourth-order valence-corrected chi connectivity index (χ4v) is 1.37. The van der Waals surface area contributed by atoms with Crippen molar-refractivity contribution in [3.8, 4) is 0 Å². The van der Waals surface area contributed by atoms with Crippen LogP contribution in [0.3, 0.4) is 0 Å². The third kappa shape index (κ3) is 3.32. The predicted octanol–water partition coefficient (Wildman–Crippen LogP) is 1.09. The summed E-state index contributed by atoms with van der Waals surface area (Å²) in [7, 11) is 1.98. The SMILES string of the molecule is CC(NCC(C)(C)CO)c1nccn1C. The molecule has 1 aromatic rings. The molecule has 86 valence electrons. The number of nitrogens with zero attached hydrogens (tertiary/aromatic N) is 2. The minimum atomic E-state index is -0.0839. The van der Waals surface area contributed by atoms with Crippen LogP contribution < -0.4 is 5.32 Å². The second-order valence-corrected chi connectivity index (χ2v) is 4.82. The van der Waals surface area contributed by atoms with Crippen LogP contribution in [-0.4, -0.2) is 27.8 Å². The predicted molar refractivity (Wildman–Crippen MR) is 60.5 cm³/mol. The lowest BCUT2D eigenvalue weighted by Gasteiger charge is -2.24. The summed E-state index contributed by atoms with van der Waals surface area (Å²) in [5.74, 6) is 1.02. The van der Waals surface area contributed by atoms with Crippen molar-refractivity contribution < 1.29 is 5.11 Å². The van der Waals surface area contributed by atoms with Crippen molar-refractivity contribution in [2.45, 2.75) is 26.8 Å². The Balaban J connectivity index is 2.50. The van der Waals surface area contributed by atoms with Gasteiger partial charge in [0, 0.05) is 38.0 Å². The van der Waals surface area contributed by atoms with E-state index in [4.69, 9.17) is 5.11 Å². The van der Waals surface area contributed by atoms with E-state index in [-0.39, 0.29) is 18.1 Å². The molecule has 2 N–H and O–H groups in total. The molecule has 1 aromatic heterocycles. The summed E-state index contributed by atoms with van der Waals surface area (Å²) < 4.78 is 2.00. The van der Waals surface area contributed by atoms with Crippen LogP contribution in [0.5, 0.6) is 0 Å². The molecule has 0 radical (unpaired) electrons. The molecule has 0 spiro atoms. The van der Waals surface area contributed by atoms with E-state index in [0.29, 0.717) is 0 Å². The Labute approximate surface area is 91.3 Å². The summed E-state index contributed by atoms with van der Waals surface area (Å²) in [6, 6.07) is 0.204. The second kappa shape index (κ2) is 4.77. The smallest absolute Gasteiger partial charge is 0.125 e. The third-order valence-corrected chi connectivity index (χ3v) is 2.56. The Morgan fingerprint density at radius 1 is 1.60 bits per heavy atom. The molecule has 0 saturated heterocycles.